The van der Waals surface area contributed by atoms with E-state index in [-0.39, 0.29) is 5.91 Å². The van der Waals surface area contributed by atoms with Crippen molar-refractivity contribution in [1.82, 2.24) is 4.90 Å². The van der Waals surface area contributed by atoms with Crippen LogP contribution in [0.1, 0.15) is 18.4 Å². The first-order chi connectivity index (χ1) is 13.1. The highest BCUT2D eigenvalue weighted by atomic mass is 79.9. The molecule has 142 valence electrons. The Balaban J connectivity index is 1.31. The Hall–Kier alpha value is -1.56. The van der Waals surface area contributed by atoms with Crippen LogP contribution >= 0.6 is 27.5 Å². The van der Waals surface area contributed by atoms with Crippen LogP contribution in [0.5, 0.6) is 5.75 Å². The number of benzene rings is 2. The monoisotopic (exact) mass is 448 g/mol. The fraction of sp³-hybridized carbons (Fsp3) is 0.381. The van der Waals surface area contributed by atoms with Gasteiger partial charge in [0.25, 0.3) is 5.91 Å². The number of nitrogens with one attached hydrogen (secondary N) is 1. The number of fused-ring (bicyclic) bond motifs is 1. The molecular weight excluding hydrogens is 428 g/mol. The predicted octanol–water partition coefficient (Wildman–Crippen LogP) is 4.76. The van der Waals surface area contributed by atoms with E-state index in [0.717, 1.165) is 53.3 Å². The van der Waals surface area contributed by atoms with Gasteiger partial charge in [0.2, 0.25) is 0 Å². The number of carbonyl (C=O) groups is 1. The van der Waals surface area contributed by atoms with Crippen LogP contribution in [0.15, 0.2) is 46.9 Å². The Bertz CT molecular complexity index is 837. The van der Waals surface area contributed by atoms with Crippen molar-refractivity contribution in [2.75, 3.05) is 25.0 Å². The molecule has 1 atom stereocenters. The lowest BCUT2D eigenvalue weighted by Gasteiger charge is -2.35. The van der Waals surface area contributed by atoms with Crippen LogP contribution in [-0.4, -0.2) is 36.5 Å². The van der Waals surface area contributed by atoms with E-state index in [0.29, 0.717) is 12.5 Å². The lowest BCUT2D eigenvalue weighted by atomic mass is 9.90. The van der Waals surface area contributed by atoms with Gasteiger partial charge >= 0.3 is 0 Å². The van der Waals surface area contributed by atoms with E-state index >= 15 is 0 Å². The molecule has 1 N–H and O–H groups in total. The number of ether oxygens (including phenoxy) is 1. The largest absolute Gasteiger partial charge is 0.477 e. The van der Waals surface area contributed by atoms with E-state index in [1.807, 2.05) is 36.4 Å². The topological polar surface area (TPSA) is 41.6 Å². The number of hydrogen-bond donors (Lipinski definition) is 1. The van der Waals surface area contributed by atoms with Crippen LogP contribution in [0.4, 0.5) is 5.69 Å². The standard InChI is InChI=1S/C21H22BrClN2O2/c22-17-6-5-16(23)12-15(17)11-14-7-9-25(10-8-14)13-20-21(26)24-18-3-1-2-4-19(18)27-20/h1-6,12,14,20H,7-11,13H2,(H,24,26). The van der Waals surface area contributed by atoms with Crippen molar-refractivity contribution >= 4 is 39.1 Å². The average molecular weight is 450 g/mol. The smallest absolute Gasteiger partial charge is 0.266 e. The SMILES string of the molecule is O=C1Nc2ccccc2OC1CN1CCC(Cc2cc(Cl)ccc2Br)CC1. The molecule has 2 aliphatic heterocycles. The first-order valence-electron chi connectivity index (χ1n) is 9.31. The third kappa shape index (κ3) is 4.48. The fourth-order valence-electron chi connectivity index (χ4n) is 3.83. The first kappa shape index (κ1) is 18.8. The highest BCUT2D eigenvalue weighted by Gasteiger charge is 2.30. The number of amides is 1. The van der Waals surface area contributed by atoms with Gasteiger partial charge in [-0.3, -0.25) is 9.69 Å². The summed E-state index contributed by atoms with van der Waals surface area (Å²) in [6, 6.07) is 13.6. The van der Waals surface area contributed by atoms with E-state index in [1.165, 1.54) is 5.56 Å². The lowest BCUT2D eigenvalue weighted by molar-refractivity contribution is -0.124. The Morgan fingerprint density at radius 3 is 2.78 bits per heavy atom. The summed E-state index contributed by atoms with van der Waals surface area (Å²) < 4.78 is 7.05. The molecule has 0 saturated carbocycles. The number of rotatable bonds is 4. The third-order valence-corrected chi connectivity index (χ3v) is 6.36. The number of piperidine rings is 1. The predicted molar refractivity (Wildman–Crippen MR) is 112 cm³/mol. The maximum Gasteiger partial charge on any atom is 0.266 e. The van der Waals surface area contributed by atoms with Gasteiger partial charge in [-0.15, -0.1) is 0 Å². The van der Waals surface area contributed by atoms with Crippen LogP contribution in [0, 0.1) is 5.92 Å². The van der Waals surface area contributed by atoms with Crippen LogP contribution in [0.25, 0.3) is 0 Å². The Morgan fingerprint density at radius 1 is 1.19 bits per heavy atom. The second-order valence-corrected chi connectivity index (χ2v) is 8.57. The highest BCUT2D eigenvalue weighted by Crippen LogP contribution is 2.31. The van der Waals surface area contributed by atoms with Gasteiger partial charge in [-0.25, -0.2) is 0 Å². The van der Waals surface area contributed by atoms with Gasteiger partial charge in [0.15, 0.2) is 6.10 Å². The lowest BCUT2D eigenvalue weighted by Crippen LogP contribution is -2.47. The Labute approximate surface area is 173 Å². The average Bonchev–Trinajstić information content (AvgIpc) is 2.67. The van der Waals surface area contributed by atoms with Gasteiger partial charge in [0.1, 0.15) is 5.75 Å². The van der Waals surface area contributed by atoms with Crippen LogP contribution in [0.3, 0.4) is 0 Å². The van der Waals surface area contributed by atoms with Crippen molar-refractivity contribution in [2.24, 2.45) is 5.92 Å². The fourth-order valence-corrected chi connectivity index (χ4v) is 4.43. The summed E-state index contributed by atoms with van der Waals surface area (Å²) in [5.74, 6) is 1.33. The van der Waals surface area contributed by atoms with Crippen molar-refractivity contribution in [3.05, 3.63) is 57.5 Å². The molecule has 2 aliphatic rings. The zero-order valence-electron chi connectivity index (χ0n) is 15.0. The molecule has 27 heavy (non-hydrogen) atoms. The molecule has 0 bridgehead atoms. The van der Waals surface area contributed by atoms with Crippen molar-refractivity contribution in [3.8, 4) is 5.75 Å². The number of nitrogens with zero attached hydrogens (tertiary/aromatic N) is 1. The summed E-state index contributed by atoms with van der Waals surface area (Å²) in [5, 5.41) is 3.73. The molecule has 2 aromatic rings. The van der Waals surface area contributed by atoms with Crippen molar-refractivity contribution < 1.29 is 9.53 Å². The molecule has 0 spiro atoms. The number of halogens is 2. The number of carbonyl (C=O) groups excluding carboxylic acids is 1. The zero-order valence-corrected chi connectivity index (χ0v) is 17.3. The van der Waals surface area contributed by atoms with E-state index in [2.05, 4.69) is 32.2 Å². The minimum atomic E-state index is -0.446. The van der Waals surface area contributed by atoms with Crippen LogP contribution in [-0.2, 0) is 11.2 Å². The maximum absolute atomic E-state index is 12.3. The summed E-state index contributed by atoms with van der Waals surface area (Å²) in [4.78, 5) is 14.7. The molecule has 2 aromatic carbocycles. The van der Waals surface area contributed by atoms with Gasteiger partial charge in [-0.2, -0.15) is 0 Å². The van der Waals surface area contributed by atoms with Gasteiger partial charge in [0.05, 0.1) is 5.69 Å². The zero-order chi connectivity index (χ0) is 18.8. The summed E-state index contributed by atoms with van der Waals surface area (Å²) >= 11 is 9.76. The molecule has 4 rings (SSSR count). The van der Waals surface area contributed by atoms with E-state index in [1.54, 1.807) is 0 Å². The number of para-hydroxylation sites is 2. The molecule has 6 heteroatoms. The summed E-state index contributed by atoms with van der Waals surface area (Å²) in [5.41, 5.74) is 2.03. The van der Waals surface area contributed by atoms with E-state index in [4.69, 9.17) is 16.3 Å². The molecule has 1 amide bonds. The number of anilines is 1. The molecule has 1 unspecified atom stereocenters. The quantitative estimate of drug-likeness (QED) is 0.732. The molecule has 0 radical (unpaired) electrons. The molecule has 1 saturated heterocycles. The van der Waals surface area contributed by atoms with Gasteiger partial charge < -0.3 is 10.1 Å². The Kier molecular flexibility index (Phi) is 5.71. The minimum absolute atomic E-state index is 0.0568. The minimum Gasteiger partial charge on any atom is -0.477 e. The molecule has 2 heterocycles. The second-order valence-electron chi connectivity index (χ2n) is 7.28. The second kappa shape index (κ2) is 8.21. The molecule has 0 aromatic heterocycles. The van der Waals surface area contributed by atoms with Gasteiger partial charge in [0, 0.05) is 16.0 Å². The number of likely N-dealkylation sites (tertiary alicyclic amines) is 1. The molecule has 1 fully saturated rings. The van der Waals surface area contributed by atoms with E-state index < -0.39 is 6.10 Å². The van der Waals surface area contributed by atoms with E-state index in [9.17, 15) is 4.79 Å². The van der Waals surface area contributed by atoms with Crippen molar-refractivity contribution in [3.63, 3.8) is 0 Å². The van der Waals surface area contributed by atoms with Crippen molar-refractivity contribution in [2.45, 2.75) is 25.4 Å². The summed E-state index contributed by atoms with van der Waals surface area (Å²) in [6.45, 7) is 2.60. The molecule has 4 nitrogen and oxygen atoms in total. The summed E-state index contributed by atoms with van der Waals surface area (Å²) in [7, 11) is 0. The highest BCUT2D eigenvalue weighted by molar-refractivity contribution is 9.10. The normalized spacial score (nSPS) is 20.7. The third-order valence-electron chi connectivity index (χ3n) is 5.35. The number of hydrogen-bond acceptors (Lipinski definition) is 3. The molecule has 0 aliphatic carbocycles. The van der Waals surface area contributed by atoms with Crippen molar-refractivity contribution in [1.29, 1.82) is 0 Å². The van der Waals surface area contributed by atoms with Crippen LogP contribution in [0.2, 0.25) is 5.02 Å². The van der Waals surface area contributed by atoms with Crippen LogP contribution < -0.4 is 10.1 Å². The van der Waals surface area contributed by atoms with Gasteiger partial charge in [-0.05, 0) is 74.2 Å². The molecular formula is C21H22BrClN2O2. The maximum atomic E-state index is 12.3. The van der Waals surface area contributed by atoms with Gasteiger partial charge in [-0.1, -0.05) is 39.7 Å². The Morgan fingerprint density at radius 2 is 1.96 bits per heavy atom. The summed E-state index contributed by atoms with van der Waals surface area (Å²) in [6.07, 6.45) is 2.81. The first-order valence-corrected chi connectivity index (χ1v) is 10.5.